The van der Waals surface area contributed by atoms with Gasteiger partial charge in [0.1, 0.15) is 6.07 Å². The van der Waals surface area contributed by atoms with Gasteiger partial charge >= 0.3 is 0 Å². The van der Waals surface area contributed by atoms with Crippen molar-refractivity contribution < 1.29 is 0 Å². The number of pyridine rings is 1. The second kappa shape index (κ2) is 4.03. The molecule has 0 bridgehead atoms. The number of nitrogen functional groups attached to an aromatic ring is 1. The highest BCUT2D eigenvalue weighted by atomic mass is 14.6. The molecule has 0 radical (unpaired) electrons. The summed E-state index contributed by atoms with van der Waals surface area (Å²) in [5, 5.41) is 8.80. The molecule has 2 rings (SSSR count). The first-order valence-corrected chi connectivity index (χ1v) is 4.92. The molecule has 0 aliphatic carbocycles. The summed E-state index contributed by atoms with van der Waals surface area (Å²) >= 11 is 0. The molecule has 0 saturated carbocycles. The van der Waals surface area contributed by atoms with Crippen LogP contribution in [-0.4, -0.2) is 4.98 Å². The first-order chi connectivity index (χ1) is 7.69. The van der Waals surface area contributed by atoms with Gasteiger partial charge in [0.05, 0.1) is 5.56 Å². The normalized spacial score (nSPS) is 9.75. The number of rotatable bonds is 1. The molecule has 0 spiro atoms. The molecule has 2 N–H and O–H groups in total. The Balaban J connectivity index is 2.54. The van der Waals surface area contributed by atoms with Crippen LogP contribution in [0.3, 0.4) is 0 Å². The van der Waals surface area contributed by atoms with Gasteiger partial charge in [0.2, 0.25) is 0 Å². The van der Waals surface area contributed by atoms with Crippen LogP contribution in [0, 0.1) is 18.3 Å². The Hall–Kier alpha value is -2.34. The second-order valence-electron chi connectivity index (χ2n) is 3.71. The van der Waals surface area contributed by atoms with Crippen LogP contribution in [0.25, 0.3) is 11.1 Å². The van der Waals surface area contributed by atoms with Gasteiger partial charge < -0.3 is 5.73 Å². The molecule has 0 saturated heterocycles. The number of hydrogen-bond donors (Lipinski definition) is 1. The van der Waals surface area contributed by atoms with Crippen LogP contribution in [0.5, 0.6) is 0 Å². The van der Waals surface area contributed by atoms with Gasteiger partial charge in [0, 0.05) is 23.6 Å². The largest absolute Gasteiger partial charge is 0.399 e. The van der Waals surface area contributed by atoms with Gasteiger partial charge in [-0.1, -0.05) is 6.07 Å². The molecule has 0 fully saturated rings. The highest BCUT2D eigenvalue weighted by Crippen LogP contribution is 2.23. The average Bonchev–Trinajstić information content (AvgIpc) is 2.28. The zero-order valence-corrected chi connectivity index (χ0v) is 8.94. The molecule has 0 amide bonds. The van der Waals surface area contributed by atoms with Crippen molar-refractivity contribution in [3.8, 4) is 17.2 Å². The van der Waals surface area contributed by atoms with Crippen LogP contribution in [-0.2, 0) is 0 Å². The lowest BCUT2D eigenvalue weighted by Crippen LogP contribution is -1.89. The number of nitrogens with zero attached hydrogens (tertiary/aromatic N) is 2. The molecule has 3 heteroatoms. The van der Waals surface area contributed by atoms with Crippen molar-refractivity contribution >= 4 is 5.69 Å². The quantitative estimate of drug-likeness (QED) is 0.734. The minimum Gasteiger partial charge on any atom is -0.399 e. The summed E-state index contributed by atoms with van der Waals surface area (Å²) in [7, 11) is 0. The minimum absolute atomic E-state index is 0.553. The SMILES string of the molecule is Cc1cc(N)cc(-c2cncc(C#N)c2)c1. The molecule has 0 aliphatic heterocycles. The van der Waals surface area contributed by atoms with Gasteiger partial charge in [-0.05, 0) is 36.2 Å². The Morgan fingerprint density at radius 2 is 1.94 bits per heavy atom. The summed E-state index contributed by atoms with van der Waals surface area (Å²) in [5.41, 5.74) is 10.0. The molecule has 0 aliphatic rings. The Bertz CT molecular complexity index is 547. The molecule has 1 aromatic carbocycles. The van der Waals surface area contributed by atoms with Crippen molar-refractivity contribution in [3.05, 3.63) is 47.8 Å². The lowest BCUT2D eigenvalue weighted by Gasteiger charge is -2.04. The van der Waals surface area contributed by atoms with Crippen molar-refractivity contribution in [3.63, 3.8) is 0 Å². The summed E-state index contributed by atoms with van der Waals surface area (Å²) in [6.45, 7) is 1.99. The third-order valence-corrected chi connectivity index (χ3v) is 2.30. The van der Waals surface area contributed by atoms with Gasteiger partial charge in [-0.15, -0.1) is 0 Å². The molecule has 2 aromatic rings. The summed E-state index contributed by atoms with van der Waals surface area (Å²) in [6.07, 6.45) is 3.28. The summed E-state index contributed by atoms with van der Waals surface area (Å²) < 4.78 is 0. The van der Waals surface area contributed by atoms with E-state index in [1.54, 1.807) is 18.5 Å². The smallest absolute Gasteiger partial charge is 0.101 e. The van der Waals surface area contributed by atoms with E-state index in [0.29, 0.717) is 5.56 Å². The fraction of sp³-hybridized carbons (Fsp3) is 0.0769. The topological polar surface area (TPSA) is 62.7 Å². The van der Waals surface area contributed by atoms with Crippen molar-refractivity contribution in [1.82, 2.24) is 4.98 Å². The number of nitriles is 1. The van der Waals surface area contributed by atoms with Crippen LogP contribution >= 0.6 is 0 Å². The van der Waals surface area contributed by atoms with Crippen molar-refractivity contribution in [2.24, 2.45) is 0 Å². The number of hydrogen-bond acceptors (Lipinski definition) is 3. The molecule has 0 unspecified atom stereocenters. The van der Waals surface area contributed by atoms with Gasteiger partial charge in [0.15, 0.2) is 0 Å². The van der Waals surface area contributed by atoms with Crippen LogP contribution in [0.1, 0.15) is 11.1 Å². The second-order valence-corrected chi connectivity index (χ2v) is 3.71. The zero-order valence-electron chi connectivity index (χ0n) is 8.94. The summed E-state index contributed by atoms with van der Waals surface area (Å²) in [5.74, 6) is 0. The van der Waals surface area contributed by atoms with E-state index < -0.39 is 0 Å². The third kappa shape index (κ3) is 2.01. The van der Waals surface area contributed by atoms with Crippen LogP contribution < -0.4 is 5.73 Å². The van der Waals surface area contributed by atoms with Gasteiger partial charge in [0.25, 0.3) is 0 Å². The fourth-order valence-electron chi connectivity index (χ4n) is 1.64. The molecular formula is C13H11N3. The van der Waals surface area contributed by atoms with Crippen molar-refractivity contribution in [2.75, 3.05) is 5.73 Å². The van der Waals surface area contributed by atoms with E-state index in [9.17, 15) is 0 Å². The molecule has 1 heterocycles. The van der Waals surface area contributed by atoms with Crippen LogP contribution in [0.2, 0.25) is 0 Å². The van der Waals surface area contributed by atoms with E-state index in [2.05, 4.69) is 11.1 Å². The number of benzene rings is 1. The first-order valence-electron chi connectivity index (χ1n) is 4.92. The first kappa shape index (κ1) is 10.2. The molecule has 3 nitrogen and oxygen atoms in total. The maximum absolute atomic E-state index is 8.80. The third-order valence-electron chi connectivity index (χ3n) is 2.30. The zero-order chi connectivity index (χ0) is 11.5. The Kier molecular flexibility index (Phi) is 2.57. The number of aromatic nitrogens is 1. The van der Waals surface area contributed by atoms with E-state index >= 15 is 0 Å². The molecular weight excluding hydrogens is 198 g/mol. The summed E-state index contributed by atoms with van der Waals surface area (Å²) in [4.78, 5) is 4.03. The van der Waals surface area contributed by atoms with Gasteiger partial charge in [-0.3, -0.25) is 4.98 Å². The van der Waals surface area contributed by atoms with Crippen molar-refractivity contribution in [1.29, 1.82) is 5.26 Å². The highest BCUT2D eigenvalue weighted by Gasteiger charge is 2.01. The molecule has 78 valence electrons. The maximum atomic E-state index is 8.80. The highest BCUT2D eigenvalue weighted by molar-refractivity contribution is 5.68. The van der Waals surface area contributed by atoms with E-state index in [1.807, 2.05) is 25.1 Å². The van der Waals surface area contributed by atoms with Crippen LogP contribution in [0.15, 0.2) is 36.7 Å². The Morgan fingerprint density at radius 1 is 1.12 bits per heavy atom. The monoisotopic (exact) mass is 209 g/mol. The summed E-state index contributed by atoms with van der Waals surface area (Å²) in [6, 6.07) is 9.69. The predicted octanol–water partition coefficient (Wildman–Crippen LogP) is 2.51. The average molecular weight is 209 g/mol. The van der Waals surface area contributed by atoms with E-state index in [-0.39, 0.29) is 0 Å². The number of nitrogens with two attached hydrogens (primary N) is 1. The standard InChI is InChI=1S/C13H11N3/c1-9-2-11(5-13(15)3-9)12-4-10(6-14)7-16-8-12/h2-5,7-8H,15H2,1H3. The molecule has 0 atom stereocenters. The van der Waals surface area contributed by atoms with Crippen molar-refractivity contribution in [2.45, 2.75) is 6.92 Å². The fourth-order valence-corrected chi connectivity index (χ4v) is 1.64. The van der Waals surface area contributed by atoms with E-state index in [0.717, 1.165) is 22.4 Å². The van der Waals surface area contributed by atoms with E-state index in [4.69, 9.17) is 11.0 Å². The van der Waals surface area contributed by atoms with Crippen LogP contribution in [0.4, 0.5) is 5.69 Å². The van der Waals surface area contributed by atoms with Gasteiger partial charge in [-0.25, -0.2) is 0 Å². The Labute approximate surface area is 94.2 Å². The number of anilines is 1. The lowest BCUT2D eigenvalue weighted by molar-refractivity contribution is 1.30. The predicted molar refractivity (Wildman–Crippen MR) is 63.5 cm³/mol. The number of aryl methyl sites for hydroxylation is 1. The van der Waals surface area contributed by atoms with E-state index in [1.165, 1.54) is 0 Å². The van der Waals surface area contributed by atoms with Gasteiger partial charge in [-0.2, -0.15) is 5.26 Å². The maximum Gasteiger partial charge on any atom is 0.101 e. The minimum atomic E-state index is 0.553. The Morgan fingerprint density at radius 3 is 2.62 bits per heavy atom. The molecule has 16 heavy (non-hydrogen) atoms. The lowest BCUT2D eigenvalue weighted by atomic mass is 10.0. The molecule has 1 aromatic heterocycles.